The molecule has 0 unspecified atom stereocenters. The van der Waals surface area contributed by atoms with Crippen LogP contribution in [0.25, 0.3) is 0 Å². The van der Waals surface area contributed by atoms with Crippen LogP contribution in [0.5, 0.6) is 0 Å². The molecule has 0 aromatic heterocycles. The first-order valence-electron chi connectivity index (χ1n) is 2.32. The molecule has 9 heavy (non-hydrogen) atoms. The summed E-state index contributed by atoms with van der Waals surface area (Å²) in [6.07, 6.45) is 1.57. The molecule has 0 saturated carbocycles. The van der Waals surface area contributed by atoms with E-state index in [1.807, 2.05) is 0 Å². The third kappa shape index (κ3) is 3.26. The Hall–Kier alpha value is -0.350. The number of carbonyl (C=O) groups excluding carboxylic acids is 2. The average molecular weight is 148 g/mol. The molecule has 0 amide bonds. The zero-order valence-electron chi connectivity index (χ0n) is 5.34. The summed E-state index contributed by atoms with van der Waals surface area (Å²) in [7, 11) is 1.38. The van der Waals surface area contributed by atoms with Crippen LogP contribution in [0.15, 0.2) is 0 Å². The Morgan fingerprint density at radius 1 is 1.56 bits per heavy atom. The quantitative estimate of drug-likeness (QED) is 0.532. The van der Waals surface area contributed by atoms with Crippen molar-refractivity contribution in [2.75, 3.05) is 20.0 Å². The highest BCUT2D eigenvalue weighted by Gasteiger charge is 2.09. The predicted molar refractivity (Wildman–Crippen MR) is 35.4 cm³/mol. The largest absolute Gasteiger partial charge is 0.376 e. The molecular formula is C5H8O3S. The highest BCUT2D eigenvalue weighted by atomic mass is 32.2. The van der Waals surface area contributed by atoms with Crippen LogP contribution in [0.2, 0.25) is 0 Å². The van der Waals surface area contributed by atoms with Gasteiger partial charge in [0.15, 0.2) is 0 Å². The Morgan fingerprint density at radius 3 is 2.44 bits per heavy atom. The van der Waals surface area contributed by atoms with E-state index >= 15 is 0 Å². The van der Waals surface area contributed by atoms with Crippen molar-refractivity contribution < 1.29 is 14.3 Å². The number of ketones is 1. The predicted octanol–water partition coefficient (Wildman–Crippen LogP) is 0.0915. The van der Waals surface area contributed by atoms with Gasteiger partial charge in [-0.1, -0.05) is 11.8 Å². The summed E-state index contributed by atoms with van der Waals surface area (Å²) in [5.41, 5.74) is 0. The number of Topliss-reactive ketones (excluding diaryl/α,β-unsaturated/α-hetero) is 1. The minimum atomic E-state index is -0.481. The SMILES string of the molecule is COCC(=O)C(=O)SC. The fraction of sp³-hybridized carbons (Fsp3) is 0.600. The van der Waals surface area contributed by atoms with Gasteiger partial charge in [-0.05, 0) is 6.26 Å². The van der Waals surface area contributed by atoms with E-state index in [0.29, 0.717) is 0 Å². The molecule has 0 rings (SSSR count). The average Bonchev–Trinajstić information content (AvgIpc) is 1.87. The van der Waals surface area contributed by atoms with Crippen molar-refractivity contribution in [2.24, 2.45) is 0 Å². The van der Waals surface area contributed by atoms with Crippen LogP contribution < -0.4 is 0 Å². The van der Waals surface area contributed by atoms with Crippen molar-refractivity contribution in [3.63, 3.8) is 0 Å². The number of ether oxygens (including phenoxy) is 1. The van der Waals surface area contributed by atoms with E-state index in [4.69, 9.17) is 0 Å². The molecule has 0 aromatic carbocycles. The van der Waals surface area contributed by atoms with Crippen molar-refractivity contribution >= 4 is 22.7 Å². The van der Waals surface area contributed by atoms with Crippen molar-refractivity contribution in [1.82, 2.24) is 0 Å². The van der Waals surface area contributed by atoms with Crippen LogP contribution in [0.4, 0.5) is 0 Å². The molecule has 0 aromatic rings. The molecule has 52 valence electrons. The molecule has 0 saturated heterocycles. The monoisotopic (exact) mass is 148 g/mol. The van der Waals surface area contributed by atoms with Crippen molar-refractivity contribution in [1.29, 1.82) is 0 Å². The van der Waals surface area contributed by atoms with Crippen LogP contribution in [0.1, 0.15) is 0 Å². The molecule has 0 bridgehead atoms. The maximum atomic E-state index is 10.5. The van der Waals surface area contributed by atoms with Gasteiger partial charge in [-0.3, -0.25) is 9.59 Å². The van der Waals surface area contributed by atoms with E-state index in [-0.39, 0.29) is 6.61 Å². The minimum Gasteiger partial charge on any atom is -0.376 e. The van der Waals surface area contributed by atoms with Crippen LogP contribution in [0.3, 0.4) is 0 Å². The van der Waals surface area contributed by atoms with Gasteiger partial charge in [-0.2, -0.15) is 0 Å². The second-order valence-corrected chi connectivity index (χ2v) is 2.13. The van der Waals surface area contributed by atoms with Gasteiger partial charge >= 0.3 is 0 Å². The molecule has 0 fully saturated rings. The zero-order chi connectivity index (χ0) is 7.28. The van der Waals surface area contributed by atoms with Gasteiger partial charge in [-0.25, -0.2) is 0 Å². The van der Waals surface area contributed by atoms with Gasteiger partial charge in [0.2, 0.25) is 5.78 Å². The van der Waals surface area contributed by atoms with Gasteiger partial charge in [0.1, 0.15) is 6.61 Å². The third-order valence-corrected chi connectivity index (χ3v) is 1.29. The third-order valence-electron chi connectivity index (χ3n) is 0.688. The fourth-order valence-corrected chi connectivity index (χ4v) is 0.590. The number of thioether (sulfide) groups is 1. The number of hydrogen-bond acceptors (Lipinski definition) is 4. The van der Waals surface area contributed by atoms with Crippen LogP contribution in [-0.4, -0.2) is 30.9 Å². The first kappa shape index (κ1) is 8.65. The van der Waals surface area contributed by atoms with E-state index in [1.165, 1.54) is 7.11 Å². The molecule has 0 aliphatic heterocycles. The number of carbonyl (C=O) groups is 2. The summed E-state index contributed by atoms with van der Waals surface area (Å²) in [6, 6.07) is 0. The molecule has 0 atom stereocenters. The summed E-state index contributed by atoms with van der Waals surface area (Å²) in [5, 5.41) is -0.447. The summed E-state index contributed by atoms with van der Waals surface area (Å²) in [5.74, 6) is -0.481. The Labute approximate surface area is 57.8 Å². The summed E-state index contributed by atoms with van der Waals surface area (Å²) >= 11 is 0.904. The van der Waals surface area contributed by atoms with Gasteiger partial charge in [0.25, 0.3) is 5.12 Å². The number of rotatable bonds is 3. The second-order valence-electron chi connectivity index (χ2n) is 1.35. The summed E-state index contributed by atoms with van der Waals surface area (Å²) < 4.78 is 4.44. The minimum absolute atomic E-state index is 0.111. The molecular weight excluding hydrogens is 140 g/mol. The Bertz CT molecular complexity index is 121. The topological polar surface area (TPSA) is 43.4 Å². The maximum Gasteiger partial charge on any atom is 0.257 e. The van der Waals surface area contributed by atoms with Crippen molar-refractivity contribution in [2.45, 2.75) is 0 Å². The van der Waals surface area contributed by atoms with Crippen molar-refractivity contribution in [3.8, 4) is 0 Å². The summed E-state index contributed by atoms with van der Waals surface area (Å²) in [4.78, 5) is 20.9. The zero-order valence-corrected chi connectivity index (χ0v) is 6.16. The van der Waals surface area contributed by atoms with Crippen molar-refractivity contribution in [3.05, 3.63) is 0 Å². The Morgan fingerprint density at radius 2 is 2.11 bits per heavy atom. The first-order chi connectivity index (χ1) is 4.22. The van der Waals surface area contributed by atoms with Crippen LogP contribution in [-0.2, 0) is 14.3 Å². The molecule has 0 radical (unpaired) electrons. The standard InChI is InChI=1S/C5H8O3S/c1-8-3-4(6)5(7)9-2/h3H2,1-2H3. The van der Waals surface area contributed by atoms with E-state index in [9.17, 15) is 9.59 Å². The lowest BCUT2D eigenvalue weighted by Crippen LogP contribution is -2.14. The molecule has 0 aliphatic carbocycles. The molecule has 0 heterocycles. The van der Waals surface area contributed by atoms with Gasteiger partial charge < -0.3 is 4.74 Å². The lowest BCUT2D eigenvalue weighted by Gasteiger charge is -1.92. The maximum absolute atomic E-state index is 10.5. The fourth-order valence-electron chi connectivity index (χ4n) is 0.304. The van der Waals surface area contributed by atoms with E-state index < -0.39 is 10.9 Å². The molecule has 0 spiro atoms. The van der Waals surface area contributed by atoms with Gasteiger partial charge in [0.05, 0.1) is 0 Å². The molecule has 3 nitrogen and oxygen atoms in total. The van der Waals surface area contributed by atoms with E-state index in [2.05, 4.69) is 4.74 Å². The molecule has 4 heteroatoms. The first-order valence-corrected chi connectivity index (χ1v) is 3.55. The van der Waals surface area contributed by atoms with E-state index in [1.54, 1.807) is 6.26 Å². The van der Waals surface area contributed by atoms with Gasteiger partial charge in [0, 0.05) is 7.11 Å². The normalized spacial score (nSPS) is 9.11. The van der Waals surface area contributed by atoms with Crippen LogP contribution >= 0.6 is 11.8 Å². The second kappa shape index (κ2) is 4.52. The number of hydrogen-bond donors (Lipinski definition) is 0. The lowest BCUT2D eigenvalue weighted by molar-refractivity contribution is -0.133. The highest BCUT2D eigenvalue weighted by molar-refractivity contribution is 8.14. The van der Waals surface area contributed by atoms with Crippen LogP contribution in [0, 0.1) is 0 Å². The number of methoxy groups -OCH3 is 1. The van der Waals surface area contributed by atoms with E-state index in [0.717, 1.165) is 11.8 Å². The Balaban J connectivity index is 3.60. The highest BCUT2D eigenvalue weighted by Crippen LogP contribution is 1.94. The van der Waals surface area contributed by atoms with Gasteiger partial charge in [-0.15, -0.1) is 0 Å². The summed E-state index contributed by atoms with van der Waals surface area (Å²) in [6.45, 7) is -0.111. The molecule has 0 N–H and O–H groups in total. The lowest BCUT2D eigenvalue weighted by atomic mass is 10.5. The Kier molecular flexibility index (Phi) is 4.35. The smallest absolute Gasteiger partial charge is 0.257 e. The molecule has 0 aliphatic rings.